The third-order valence-electron chi connectivity index (χ3n) is 9.49. The van der Waals surface area contributed by atoms with Gasteiger partial charge in [-0.2, -0.15) is 13.2 Å². The Morgan fingerprint density at radius 3 is 2.58 bits per heavy atom. The van der Waals surface area contributed by atoms with Crippen molar-refractivity contribution in [3.63, 3.8) is 0 Å². The van der Waals surface area contributed by atoms with Crippen molar-refractivity contribution < 1.29 is 22.8 Å². The van der Waals surface area contributed by atoms with Crippen LogP contribution in [0.15, 0.2) is 36.4 Å². The predicted molar refractivity (Wildman–Crippen MR) is 119 cm³/mol. The van der Waals surface area contributed by atoms with E-state index in [-0.39, 0.29) is 40.3 Å². The van der Waals surface area contributed by atoms with Gasteiger partial charge in [0.05, 0.1) is 11.3 Å². The molecule has 4 nitrogen and oxygen atoms in total. The summed E-state index contributed by atoms with van der Waals surface area (Å²) in [7, 11) is 0. The molecule has 0 unspecified atom stereocenters. The molecule has 0 aromatic heterocycles. The average Bonchev–Trinajstić information content (AvgIpc) is 3.11. The molecule has 0 saturated heterocycles. The maximum Gasteiger partial charge on any atom is 0.418 e. The second-order valence-electron chi connectivity index (χ2n) is 10.9. The Bertz CT molecular complexity index is 1010. The van der Waals surface area contributed by atoms with Crippen LogP contribution < -0.4 is 10.6 Å². The molecule has 7 atom stereocenters. The first-order valence-electron chi connectivity index (χ1n) is 12.0. The van der Waals surface area contributed by atoms with Crippen molar-refractivity contribution in [1.29, 1.82) is 0 Å². The minimum atomic E-state index is -4.51. The van der Waals surface area contributed by atoms with Crippen molar-refractivity contribution in [2.45, 2.75) is 64.6 Å². The van der Waals surface area contributed by atoms with E-state index in [1.165, 1.54) is 18.2 Å². The van der Waals surface area contributed by atoms with E-state index in [0.717, 1.165) is 38.2 Å². The minimum absolute atomic E-state index is 0.0201. The fourth-order valence-corrected chi connectivity index (χ4v) is 7.82. The Hall–Kier alpha value is -2.31. The number of rotatable bonds is 2. The van der Waals surface area contributed by atoms with E-state index < -0.39 is 11.7 Å². The Kier molecular flexibility index (Phi) is 5.18. The lowest BCUT2D eigenvalue weighted by Crippen LogP contribution is -2.59. The number of fused-ring (bicyclic) bond motifs is 5. The number of anilines is 1. The first-order chi connectivity index (χ1) is 15.5. The zero-order chi connectivity index (χ0) is 23.6. The summed E-state index contributed by atoms with van der Waals surface area (Å²) < 4.78 is 40.3. The van der Waals surface area contributed by atoms with Gasteiger partial charge in [-0.05, 0) is 79.9 Å². The number of para-hydroxylation sites is 1. The lowest BCUT2D eigenvalue weighted by atomic mass is 9.48. The van der Waals surface area contributed by atoms with E-state index >= 15 is 0 Å². The van der Waals surface area contributed by atoms with Gasteiger partial charge in [-0.3, -0.25) is 9.59 Å². The number of carbonyl (C=O) groups is 2. The molecule has 1 aromatic carbocycles. The second kappa shape index (κ2) is 7.60. The zero-order valence-corrected chi connectivity index (χ0v) is 19.0. The van der Waals surface area contributed by atoms with Gasteiger partial charge in [0, 0.05) is 17.4 Å². The van der Waals surface area contributed by atoms with Gasteiger partial charge < -0.3 is 10.6 Å². The molecule has 5 rings (SSSR count). The summed E-state index contributed by atoms with van der Waals surface area (Å²) in [6.07, 6.45) is 4.67. The maximum absolute atomic E-state index is 13.4. The molecule has 3 aliphatic carbocycles. The van der Waals surface area contributed by atoms with Crippen molar-refractivity contribution in [3.8, 4) is 0 Å². The highest BCUT2D eigenvalue weighted by Crippen LogP contribution is 2.65. The molecule has 178 valence electrons. The number of carbonyl (C=O) groups excluding carboxylic acids is 2. The number of hydrogen-bond donors (Lipinski definition) is 2. The molecule has 4 aliphatic rings. The van der Waals surface area contributed by atoms with Crippen LogP contribution in [-0.4, -0.2) is 17.9 Å². The van der Waals surface area contributed by atoms with Crippen LogP contribution in [0.4, 0.5) is 18.9 Å². The summed E-state index contributed by atoms with van der Waals surface area (Å²) in [4.78, 5) is 25.2. The third-order valence-corrected chi connectivity index (χ3v) is 9.49. The highest BCUT2D eigenvalue weighted by molar-refractivity contribution is 5.94. The molecular weight excluding hydrogens is 429 g/mol. The average molecular weight is 461 g/mol. The fourth-order valence-electron chi connectivity index (χ4n) is 7.82. The van der Waals surface area contributed by atoms with Crippen LogP contribution >= 0.6 is 0 Å². The molecule has 33 heavy (non-hydrogen) atoms. The number of halogens is 3. The van der Waals surface area contributed by atoms with Crippen molar-refractivity contribution in [2.75, 3.05) is 5.32 Å². The van der Waals surface area contributed by atoms with Crippen molar-refractivity contribution in [1.82, 2.24) is 5.32 Å². The van der Waals surface area contributed by atoms with Gasteiger partial charge in [-0.1, -0.05) is 32.1 Å². The van der Waals surface area contributed by atoms with Crippen molar-refractivity contribution >= 4 is 17.5 Å². The molecular formula is C26H31F3N2O2. The van der Waals surface area contributed by atoms with E-state index in [1.807, 2.05) is 0 Å². The number of benzene rings is 1. The Labute approximate surface area is 192 Å². The maximum atomic E-state index is 13.4. The monoisotopic (exact) mass is 460 g/mol. The van der Waals surface area contributed by atoms with E-state index in [1.54, 1.807) is 6.08 Å². The quantitative estimate of drug-likeness (QED) is 0.607. The van der Waals surface area contributed by atoms with E-state index in [4.69, 9.17) is 0 Å². The Morgan fingerprint density at radius 1 is 1.06 bits per heavy atom. The largest absolute Gasteiger partial charge is 0.418 e. The molecule has 0 radical (unpaired) electrons. The first kappa shape index (κ1) is 22.5. The van der Waals surface area contributed by atoms with Gasteiger partial charge >= 0.3 is 6.18 Å². The fraction of sp³-hybridized carbons (Fsp3) is 0.615. The molecule has 3 saturated carbocycles. The molecule has 0 spiro atoms. The molecule has 2 amide bonds. The van der Waals surface area contributed by atoms with Gasteiger partial charge in [0.15, 0.2) is 0 Å². The van der Waals surface area contributed by atoms with Crippen LogP contribution in [0.2, 0.25) is 0 Å². The predicted octanol–water partition coefficient (Wildman–Crippen LogP) is 5.56. The van der Waals surface area contributed by atoms with E-state index in [0.29, 0.717) is 24.2 Å². The highest BCUT2D eigenvalue weighted by atomic mass is 19.4. The Balaban J connectivity index is 1.37. The Morgan fingerprint density at radius 2 is 1.82 bits per heavy atom. The summed E-state index contributed by atoms with van der Waals surface area (Å²) in [5.41, 5.74) is -1.26. The SMILES string of the molecule is C[C@]12C=CC(=O)N[C@@H]1CC[C@@H]1[C@@H]2CC[C@]2(C)[C@@H](C(=O)Nc3ccccc3C(F)(F)F)CC[C@@H]12. The molecule has 1 aliphatic heterocycles. The molecule has 0 bridgehead atoms. The standard InChI is InChI=1S/C26H31F3N2O2/c1-24-13-11-17-15(7-10-21-25(17,2)14-12-22(32)31-21)16(24)8-9-19(24)23(33)30-20-6-4-3-5-18(20)26(27,28)29/h3-6,12,14-17,19,21H,7-11,13H2,1-2H3,(H,30,33)(H,31,32)/t15-,16-,17-,19+,21+,24-,25+/m0/s1. The number of hydrogen-bond acceptors (Lipinski definition) is 2. The number of amides is 2. The first-order valence-corrected chi connectivity index (χ1v) is 12.0. The molecule has 3 fully saturated rings. The number of alkyl halides is 3. The molecule has 1 heterocycles. The van der Waals surface area contributed by atoms with Crippen molar-refractivity contribution in [2.24, 2.45) is 34.5 Å². The lowest BCUT2D eigenvalue weighted by Gasteiger charge is -2.58. The normalized spacial score (nSPS) is 39.8. The molecule has 2 N–H and O–H groups in total. The molecule has 7 heteroatoms. The smallest absolute Gasteiger partial charge is 0.349 e. The lowest BCUT2D eigenvalue weighted by molar-refractivity contribution is -0.137. The summed E-state index contributed by atoms with van der Waals surface area (Å²) >= 11 is 0. The van der Waals surface area contributed by atoms with Crippen molar-refractivity contribution in [3.05, 3.63) is 42.0 Å². The van der Waals surface area contributed by atoms with Gasteiger partial charge in [0.1, 0.15) is 0 Å². The highest BCUT2D eigenvalue weighted by Gasteiger charge is 2.61. The second-order valence-corrected chi connectivity index (χ2v) is 10.9. The summed E-state index contributed by atoms with van der Waals surface area (Å²) in [5.74, 6) is 0.669. The minimum Gasteiger partial charge on any atom is -0.349 e. The molecule has 1 aromatic rings. The van der Waals surface area contributed by atoms with Crippen LogP contribution in [-0.2, 0) is 15.8 Å². The van der Waals surface area contributed by atoms with Crippen LogP contribution in [0.1, 0.15) is 57.9 Å². The summed E-state index contributed by atoms with van der Waals surface area (Å²) in [6.45, 7) is 4.42. The van der Waals surface area contributed by atoms with Crippen LogP contribution in [0.5, 0.6) is 0 Å². The summed E-state index contributed by atoms with van der Waals surface area (Å²) in [5, 5.41) is 5.78. The van der Waals surface area contributed by atoms with E-state index in [9.17, 15) is 22.8 Å². The van der Waals surface area contributed by atoms with Gasteiger partial charge in [-0.25, -0.2) is 0 Å². The summed E-state index contributed by atoms with van der Waals surface area (Å²) in [6, 6.07) is 5.35. The van der Waals surface area contributed by atoms with Gasteiger partial charge in [0.2, 0.25) is 11.8 Å². The van der Waals surface area contributed by atoms with Crippen LogP contribution in [0, 0.1) is 34.5 Å². The zero-order valence-electron chi connectivity index (χ0n) is 19.0. The van der Waals surface area contributed by atoms with Gasteiger partial charge in [-0.15, -0.1) is 0 Å². The third kappa shape index (κ3) is 3.50. The van der Waals surface area contributed by atoms with E-state index in [2.05, 4.69) is 30.6 Å². The van der Waals surface area contributed by atoms with Crippen LogP contribution in [0.25, 0.3) is 0 Å². The van der Waals surface area contributed by atoms with Gasteiger partial charge in [0.25, 0.3) is 0 Å². The van der Waals surface area contributed by atoms with Crippen LogP contribution in [0.3, 0.4) is 0 Å². The topological polar surface area (TPSA) is 58.2 Å². The number of nitrogens with one attached hydrogen (secondary N) is 2.